The molecule has 1 aromatic heterocycles. The summed E-state index contributed by atoms with van der Waals surface area (Å²) in [5.41, 5.74) is 3.42. The van der Waals surface area contributed by atoms with Gasteiger partial charge in [-0.3, -0.25) is 4.79 Å². The van der Waals surface area contributed by atoms with Crippen LogP contribution in [-0.2, 0) is 0 Å². The Morgan fingerprint density at radius 1 is 1.24 bits per heavy atom. The Morgan fingerprint density at radius 3 is 2.59 bits per heavy atom. The number of ether oxygens (including phenoxy) is 1. The van der Waals surface area contributed by atoms with Crippen molar-refractivity contribution < 1.29 is 9.53 Å². The first-order valence-corrected chi connectivity index (χ1v) is 6.18. The summed E-state index contributed by atoms with van der Waals surface area (Å²) in [5.74, 6) is 0.863. The Bertz CT molecular complexity index is 555. The van der Waals surface area contributed by atoms with Gasteiger partial charge in [0, 0.05) is 10.4 Å². The molecule has 0 bridgehead atoms. The standard InChI is InChI=1S/C14H14O2S/c1-9-6-10(2)14(12(7-9)16-3)13-5-4-11(8-15)17-13/h4-8H,1-3H3. The zero-order valence-electron chi connectivity index (χ0n) is 10.1. The molecule has 1 aromatic carbocycles. The normalized spacial score (nSPS) is 10.3. The van der Waals surface area contributed by atoms with Gasteiger partial charge in [-0.05, 0) is 43.2 Å². The number of hydrogen-bond donors (Lipinski definition) is 0. The van der Waals surface area contributed by atoms with Gasteiger partial charge in [0.15, 0.2) is 6.29 Å². The summed E-state index contributed by atoms with van der Waals surface area (Å²) in [6.07, 6.45) is 0.879. The van der Waals surface area contributed by atoms with Crippen LogP contribution in [0.5, 0.6) is 5.75 Å². The fourth-order valence-corrected chi connectivity index (χ4v) is 2.89. The maximum atomic E-state index is 10.7. The van der Waals surface area contributed by atoms with Crippen molar-refractivity contribution in [3.63, 3.8) is 0 Å². The molecule has 2 aromatic rings. The SMILES string of the molecule is COc1cc(C)cc(C)c1-c1ccc(C=O)s1. The van der Waals surface area contributed by atoms with Gasteiger partial charge in [-0.25, -0.2) is 0 Å². The van der Waals surface area contributed by atoms with E-state index >= 15 is 0 Å². The molecule has 2 nitrogen and oxygen atoms in total. The first kappa shape index (κ1) is 11.9. The highest BCUT2D eigenvalue weighted by atomic mass is 32.1. The van der Waals surface area contributed by atoms with E-state index in [1.807, 2.05) is 25.1 Å². The summed E-state index contributed by atoms with van der Waals surface area (Å²) in [4.78, 5) is 12.5. The van der Waals surface area contributed by atoms with Crippen molar-refractivity contribution in [1.29, 1.82) is 0 Å². The fourth-order valence-electron chi connectivity index (χ4n) is 1.96. The van der Waals surface area contributed by atoms with Gasteiger partial charge in [0.1, 0.15) is 5.75 Å². The molecule has 0 aliphatic rings. The zero-order chi connectivity index (χ0) is 12.4. The Labute approximate surface area is 105 Å². The predicted molar refractivity (Wildman–Crippen MR) is 71.2 cm³/mol. The van der Waals surface area contributed by atoms with Gasteiger partial charge in [-0.1, -0.05) is 6.07 Å². The van der Waals surface area contributed by atoms with Crippen molar-refractivity contribution in [2.24, 2.45) is 0 Å². The maximum Gasteiger partial charge on any atom is 0.160 e. The number of carbonyl (C=O) groups excluding carboxylic acids is 1. The summed E-state index contributed by atoms with van der Waals surface area (Å²) in [7, 11) is 1.67. The van der Waals surface area contributed by atoms with Crippen LogP contribution in [0.4, 0.5) is 0 Å². The first-order valence-electron chi connectivity index (χ1n) is 5.36. The lowest BCUT2D eigenvalue weighted by atomic mass is 10.0. The van der Waals surface area contributed by atoms with Crippen molar-refractivity contribution in [2.75, 3.05) is 7.11 Å². The van der Waals surface area contributed by atoms with E-state index < -0.39 is 0 Å². The number of aldehydes is 1. The molecule has 17 heavy (non-hydrogen) atoms. The van der Waals surface area contributed by atoms with E-state index in [-0.39, 0.29) is 0 Å². The molecule has 0 atom stereocenters. The van der Waals surface area contributed by atoms with Crippen LogP contribution < -0.4 is 4.74 Å². The van der Waals surface area contributed by atoms with Gasteiger partial charge < -0.3 is 4.74 Å². The molecule has 3 heteroatoms. The highest BCUT2D eigenvalue weighted by Crippen LogP contribution is 2.37. The van der Waals surface area contributed by atoms with Crippen molar-refractivity contribution in [2.45, 2.75) is 13.8 Å². The molecule has 0 aliphatic carbocycles. The molecular weight excluding hydrogens is 232 g/mol. The summed E-state index contributed by atoms with van der Waals surface area (Å²) in [6.45, 7) is 4.11. The number of thiophene rings is 1. The van der Waals surface area contributed by atoms with E-state index in [1.54, 1.807) is 7.11 Å². The Kier molecular flexibility index (Phi) is 3.29. The summed E-state index contributed by atoms with van der Waals surface area (Å²) < 4.78 is 5.42. The summed E-state index contributed by atoms with van der Waals surface area (Å²) >= 11 is 1.49. The van der Waals surface area contributed by atoms with Gasteiger partial charge in [0.2, 0.25) is 0 Å². The second-order valence-corrected chi connectivity index (χ2v) is 5.09. The minimum Gasteiger partial charge on any atom is -0.496 e. The average molecular weight is 246 g/mol. The van der Waals surface area contributed by atoms with Crippen LogP contribution in [0.25, 0.3) is 10.4 Å². The van der Waals surface area contributed by atoms with Gasteiger partial charge >= 0.3 is 0 Å². The molecule has 0 spiro atoms. The van der Waals surface area contributed by atoms with Crippen LogP contribution in [0.15, 0.2) is 24.3 Å². The van der Waals surface area contributed by atoms with E-state index in [0.717, 1.165) is 27.4 Å². The average Bonchev–Trinajstić information content (AvgIpc) is 2.76. The Balaban J connectivity index is 2.61. The third-order valence-electron chi connectivity index (χ3n) is 2.65. The molecule has 2 rings (SSSR count). The number of carbonyl (C=O) groups is 1. The minimum atomic E-state index is 0.738. The van der Waals surface area contributed by atoms with Gasteiger partial charge in [-0.15, -0.1) is 11.3 Å². The lowest BCUT2D eigenvalue weighted by Gasteiger charge is -2.11. The highest BCUT2D eigenvalue weighted by Gasteiger charge is 2.12. The van der Waals surface area contributed by atoms with E-state index in [1.165, 1.54) is 22.5 Å². The monoisotopic (exact) mass is 246 g/mol. The minimum absolute atomic E-state index is 0.738. The predicted octanol–water partition coefficient (Wildman–Crippen LogP) is 3.85. The first-order chi connectivity index (χ1) is 8.15. The summed E-state index contributed by atoms with van der Waals surface area (Å²) in [5, 5.41) is 0. The Hall–Kier alpha value is -1.61. The number of rotatable bonds is 3. The van der Waals surface area contributed by atoms with Crippen LogP contribution in [0.2, 0.25) is 0 Å². The molecule has 0 radical (unpaired) electrons. The topological polar surface area (TPSA) is 26.3 Å². The van der Waals surface area contributed by atoms with Crippen molar-refractivity contribution >= 4 is 17.6 Å². The zero-order valence-corrected chi connectivity index (χ0v) is 10.9. The van der Waals surface area contributed by atoms with Crippen molar-refractivity contribution in [1.82, 2.24) is 0 Å². The van der Waals surface area contributed by atoms with E-state index in [2.05, 4.69) is 13.0 Å². The van der Waals surface area contributed by atoms with E-state index in [9.17, 15) is 4.79 Å². The maximum absolute atomic E-state index is 10.7. The number of hydrogen-bond acceptors (Lipinski definition) is 3. The molecule has 0 unspecified atom stereocenters. The molecule has 0 saturated heterocycles. The van der Waals surface area contributed by atoms with Crippen LogP contribution in [0.1, 0.15) is 20.8 Å². The number of methoxy groups -OCH3 is 1. The molecule has 1 heterocycles. The largest absolute Gasteiger partial charge is 0.496 e. The summed E-state index contributed by atoms with van der Waals surface area (Å²) in [6, 6.07) is 7.95. The van der Waals surface area contributed by atoms with Crippen LogP contribution in [0, 0.1) is 13.8 Å². The highest BCUT2D eigenvalue weighted by molar-refractivity contribution is 7.17. The Morgan fingerprint density at radius 2 is 2.00 bits per heavy atom. The second-order valence-electron chi connectivity index (χ2n) is 3.98. The molecule has 0 fully saturated rings. The van der Waals surface area contributed by atoms with Gasteiger partial charge in [0.05, 0.1) is 12.0 Å². The van der Waals surface area contributed by atoms with Crippen molar-refractivity contribution in [3.8, 4) is 16.2 Å². The third kappa shape index (κ3) is 2.24. The van der Waals surface area contributed by atoms with Crippen LogP contribution in [-0.4, -0.2) is 13.4 Å². The lowest BCUT2D eigenvalue weighted by molar-refractivity contribution is 0.112. The van der Waals surface area contributed by atoms with Crippen LogP contribution in [0.3, 0.4) is 0 Å². The molecular formula is C14H14O2S. The number of benzene rings is 1. The molecule has 0 aliphatic heterocycles. The lowest BCUT2D eigenvalue weighted by Crippen LogP contribution is -1.91. The molecule has 0 N–H and O–H groups in total. The van der Waals surface area contributed by atoms with E-state index in [0.29, 0.717) is 0 Å². The second kappa shape index (κ2) is 4.72. The fraction of sp³-hybridized carbons (Fsp3) is 0.214. The van der Waals surface area contributed by atoms with Crippen molar-refractivity contribution in [3.05, 3.63) is 40.3 Å². The molecule has 0 amide bonds. The third-order valence-corrected chi connectivity index (χ3v) is 3.68. The van der Waals surface area contributed by atoms with Crippen LogP contribution >= 0.6 is 11.3 Å². The molecule has 0 saturated carbocycles. The van der Waals surface area contributed by atoms with Gasteiger partial charge in [-0.2, -0.15) is 0 Å². The quantitative estimate of drug-likeness (QED) is 0.769. The molecule has 88 valence electrons. The van der Waals surface area contributed by atoms with Gasteiger partial charge in [0.25, 0.3) is 0 Å². The van der Waals surface area contributed by atoms with E-state index in [4.69, 9.17) is 4.74 Å². The number of aryl methyl sites for hydroxylation is 2. The smallest absolute Gasteiger partial charge is 0.160 e.